The first-order valence-corrected chi connectivity index (χ1v) is 8.21. The van der Waals surface area contributed by atoms with Gasteiger partial charge >= 0.3 is 0 Å². The average Bonchev–Trinajstić information content (AvgIpc) is 2.92. The largest absolute Gasteiger partial charge is 0.339 e. The van der Waals surface area contributed by atoms with Crippen LogP contribution in [-0.2, 0) is 0 Å². The fraction of sp³-hybridized carbons (Fsp3) is 0.333. The Morgan fingerprint density at radius 3 is 2.29 bits per heavy atom. The van der Waals surface area contributed by atoms with Crippen LogP contribution in [0.3, 0.4) is 0 Å². The molecular formula is C18H20N4O2. The van der Waals surface area contributed by atoms with E-state index in [2.05, 4.69) is 15.3 Å². The molecule has 0 unspecified atom stereocenters. The van der Waals surface area contributed by atoms with Gasteiger partial charge in [0.05, 0.1) is 6.20 Å². The molecule has 24 heavy (non-hydrogen) atoms. The number of nitrogens with one attached hydrogen (secondary N) is 1. The number of carbonyl (C=O) groups excluding carboxylic acids is 2. The number of likely N-dealkylation sites (tertiary alicyclic amines) is 1. The summed E-state index contributed by atoms with van der Waals surface area (Å²) in [5.74, 6) is -0.265. The van der Waals surface area contributed by atoms with Gasteiger partial charge in [-0.2, -0.15) is 0 Å². The van der Waals surface area contributed by atoms with Crippen LogP contribution >= 0.6 is 0 Å². The number of nitrogens with zero attached hydrogens (tertiary/aromatic N) is 3. The molecule has 0 radical (unpaired) electrons. The fourth-order valence-electron chi connectivity index (χ4n) is 2.76. The van der Waals surface area contributed by atoms with Crippen molar-refractivity contribution in [3.8, 4) is 0 Å². The Bertz CT molecular complexity index is 693. The van der Waals surface area contributed by atoms with Crippen LogP contribution in [0.15, 0.2) is 42.9 Å². The minimum atomic E-state index is -0.324. The molecule has 0 bridgehead atoms. The van der Waals surface area contributed by atoms with E-state index in [4.69, 9.17) is 0 Å². The molecule has 2 aromatic rings. The third-order valence-corrected chi connectivity index (χ3v) is 4.08. The Kier molecular flexibility index (Phi) is 5.15. The summed E-state index contributed by atoms with van der Waals surface area (Å²) in [4.78, 5) is 34.3. The van der Waals surface area contributed by atoms with Crippen molar-refractivity contribution in [2.75, 3.05) is 18.4 Å². The monoisotopic (exact) mass is 324 g/mol. The van der Waals surface area contributed by atoms with Gasteiger partial charge in [-0.1, -0.05) is 12.8 Å². The van der Waals surface area contributed by atoms with E-state index in [0.29, 0.717) is 11.3 Å². The van der Waals surface area contributed by atoms with Gasteiger partial charge in [0.25, 0.3) is 11.8 Å². The van der Waals surface area contributed by atoms with E-state index in [-0.39, 0.29) is 17.5 Å². The summed E-state index contributed by atoms with van der Waals surface area (Å²) in [6.07, 6.45) is 8.91. The molecule has 6 heteroatoms. The van der Waals surface area contributed by atoms with E-state index in [1.807, 2.05) is 4.90 Å². The maximum absolute atomic E-state index is 12.5. The Hall–Kier alpha value is -2.76. The van der Waals surface area contributed by atoms with Gasteiger partial charge < -0.3 is 10.2 Å². The fourth-order valence-corrected chi connectivity index (χ4v) is 2.76. The van der Waals surface area contributed by atoms with Crippen molar-refractivity contribution in [3.05, 3.63) is 54.1 Å². The molecule has 6 nitrogen and oxygen atoms in total. The number of carbonyl (C=O) groups is 2. The number of hydrogen-bond donors (Lipinski definition) is 1. The van der Waals surface area contributed by atoms with Crippen LogP contribution in [0.4, 0.5) is 5.69 Å². The van der Waals surface area contributed by atoms with Gasteiger partial charge in [0.15, 0.2) is 0 Å². The summed E-state index contributed by atoms with van der Waals surface area (Å²) in [5, 5.41) is 2.75. The van der Waals surface area contributed by atoms with Gasteiger partial charge in [0, 0.05) is 36.7 Å². The number of hydrogen-bond acceptors (Lipinski definition) is 4. The lowest BCUT2D eigenvalue weighted by Crippen LogP contribution is -2.31. The normalized spacial score (nSPS) is 14.8. The standard InChI is InChI=1S/C18H20N4O2/c23-17(16-13-19-9-10-20-16)21-15-7-5-14(6-8-15)18(24)22-11-3-1-2-4-12-22/h5-10,13H,1-4,11-12H2,(H,21,23). The molecule has 0 saturated carbocycles. The van der Waals surface area contributed by atoms with E-state index in [1.54, 1.807) is 24.3 Å². The lowest BCUT2D eigenvalue weighted by molar-refractivity contribution is 0.0761. The highest BCUT2D eigenvalue weighted by molar-refractivity contribution is 6.03. The zero-order chi connectivity index (χ0) is 16.8. The highest BCUT2D eigenvalue weighted by Crippen LogP contribution is 2.16. The SMILES string of the molecule is O=C(Nc1ccc(C(=O)N2CCCCCC2)cc1)c1cnccn1. The first kappa shape index (κ1) is 16.1. The smallest absolute Gasteiger partial charge is 0.275 e. The average molecular weight is 324 g/mol. The molecule has 1 aromatic carbocycles. The van der Waals surface area contributed by atoms with Crippen molar-refractivity contribution in [2.24, 2.45) is 0 Å². The minimum absolute atomic E-state index is 0.0590. The van der Waals surface area contributed by atoms with E-state index in [9.17, 15) is 9.59 Å². The maximum atomic E-state index is 12.5. The van der Waals surface area contributed by atoms with Crippen LogP contribution in [0.2, 0.25) is 0 Å². The molecule has 2 heterocycles. The predicted molar refractivity (Wildman–Crippen MR) is 90.8 cm³/mol. The summed E-state index contributed by atoms with van der Waals surface area (Å²) < 4.78 is 0. The number of anilines is 1. The van der Waals surface area contributed by atoms with Gasteiger partial charge in [-0.3, -0.25) is 14.6 Å². The lowest BCUT2D eigenvalue weighted by atomic mass is 10.1. The van der Waals surface area contributed by atoms with Gasteiger partial charge in [0.1, 0.15) is 5.69 Å². The number of rotatable bonds is 3. The van der Waals surface area contributed by atoms with Crippen molar-refractivity contribution in [2.45, 2.75) is 25.7 Å². The summed E-state index contributed by atoms with van der Waals surface area (Å²) in [7, 11) is 0. The molecule has 3 rings (SSSR count). The molecule has 1 N–H and O–H groups in total. The van der Waals surface area contributed by atoms with Crippen LogP contribution in [-0.4, -0.2) is 39.8 Å². The van der Waals surface area contributed by atoms with Crippen LogP contribution in [0.5, 0.6) is 0 Å². The maximum Gasteiger partial charge on any atom is 0.275 e. The zero-order valence-corrected chi connectivity index (χ0v) is 13.4. The molecular weight excluding hydrogens is 304 g/mol. The minimum Gasteiger partial charge on any atom is -0.339 e. The van der Waals surface area contributed by atoms with E-state index >= 15 is 0 Å². The number of amides is 2. The molecule has 0 atom stereocenters. The van der Waals surface area contributed by atoms with Crippen LogP contribution in [0, 0.1) is 0 Å². The molecule has 1 aliphatic heterocycles. The van der Waals surface area contributed by atoms with Crippen molar-refractivity contribution in [3.63, 3.8) is 0 Å². The highest BCUT2D eigenvalue weighted by atomic mass is 16.2. The number of aromatic nitrogens is 2. The van der Waals surface area contributed by atoms with Crippen molar-refractivity contribution in [1.82, 2.24) is 14.9 Å². The molecule has 1 aromatic heterocycles. The molecule has 0 aliphatic carbocycles. The second-order valence-corrected chi connectivity index (χ2v) is 5.83. The topological polar surface area (TPSA) is 75.2 Å². The quantitative estimate of drug-likeness (QED) is 0.942. The molecule has 0 spiro atoms. The van der Waals surface area contributed by atoms with Gasteiger partial charge in [-0.15, -0.1) is 0 Å². The molecule has 2 amide bonds. The number of benzene rings is 1. The molecule has 1 saturated heterocycles. The predicted octanol–water partition coefficient (Wildman–Crippen LogP) is 2.75. The lowest BCUT2D eigenvalue weighted by Gasteiger charge is -2.20. The van der Waals surface area contributed by atoms with Crippen LogP contribution in [0.1, 0.15) is 46.5 Å². The first-order chi connectivity index (χ1) is 11.7. The summed E-state index contributed by atoms with van der Waals surface area (Å²) in [6, 6.07) is 6.97. The molecule has 124 valence electrons. The second-order valence-electron chi connectivity index (χ2n) is 5.83. The van der Waals surface area contributed by atoms with Crippen LogP contribution in [0.25, 0.3) is 0 Å². The molecule has 1 fully saturated rings. The van der Waals surface area contributed by atoms with Gasteiger partial charge in [-0.05, 0) is 37.1 Å². The van der Waals surface area contributed by atoms with E-state index in [0.717, 1.165) is 25.9 Å². The van der Waals surface area contributed by atoms with Crippen molar-refractivity contribution in [1.29, 1.82) is 0 Å². The van der Waals surface area contributed by atoms with Gasteiger partial charge in [0.2, 0.25) is 0 Å². The Labute approximate surface area is 140 Å². The van der Waals surface area contributed by atoms with Crippen molar-refractivity contribution < 1.29 is 9.59 Å². The van der Waals surface area contributed by atoms with E-state index < -0.39 is 0 Å². The second kappa shape index (κ2) is 7.68. The zero-order valence-electron chi connectivity index (χ0n) is 13.4. The van der Waals surface area contributed by atoms with E-state index in [1.165, 1.54) is 31.4 Å². The van der Waals surface area contributed by atoms with Gasteiger partial charge in [-0.25, -0.2) is 4.98 Å². The molecule has 1 aliphatic rings. The summed E-state index contributed by atoms with van der Waals surface area (Å²) in [5.41, 5.74) is 1.52. The van der Waals surface area contributed by atoms with Crippen LogP contribution < -0.4 is 5.32 Å². The third kappa shape index (κ3) is 3.95. The summed E-state index contributed by atoms with van der Waals surface area (Å²) in [6.45, 7) is 1.65. The highest BCUT2D eigenvalue weighted by Gasteiger charge is 2.17. The Morgan fingerprint density at radius 1 is 0.958 bits per heavy atom. The summed E-state index contributed by atoms with van der Waals surface area (Å²) >= 11 is 0. The third-order valence-electron chi connectivity index (χ3n) is 4.08. The van der Waals surface area contributed by atoms with Crippen molar-refractivity contribution >= 4 is 17.5 Å². The first-order valence-electron chi connectivity index (χ1n) is 8.21. The Balaban J connectivity index is 1.64. The Morgan fingerprint density at radius 2 is 1.67 bits per heavy atom.